The van der Waals surface area contributed by atoms with Crippen LogP contribution in [0.1, 0.15) is 26.4 Å². The van der Waals surface area contributed by atoms with Crippen LogP contribution in [0.2, 0.25) is 5.02 Å². The van der Waals surface area contributed by atoms with E-state index in [2.05, 4.69) is 20.5 Å². The Bertz CT molecular complexity index is 1650. The zero-order chi connectivity index (χ0) is 25.2. The summed E-state index contributed by atoms with van der Waals surface area (Å²) in [5.41, 5.74) is 1.19. The van der Waals surface area contributed by atoms with Gasteiger partial charge >= 0.3 is 5.97 Å². The lowest BCUT2D eigenvalue weighted by molar-refractivity contribution is 0.0685. The molecule has 0 aliphatic rings. The van der Waals surface area contributed by atoms with Gasteiger partial charge in [-0.25, -0.2) is 9.78 Å². The number of pyridine rings is 1. The molecular formula is C26H18ClN5O4. The number of benzene rings is 3. The molecule has 2 aromatic heterocycles. The van der Waals surface area contributed by atoms with E-state index < -0.39 is 17.3 Å². The number of carbonyl (C=O) groups excluding carboxylic acids is 1. The summed E-state index contributed by atoms with van der Waals surface area (Å²) in [5, 5.41) is 20.0. The highest BCUT2D eigenvalue weighted by molar-refractivity contribution is 6.31. The minimum Gasteiger partial charge on any atom is -0.477 e. The van der Waals surface area contributed by atoms with E-state index in [1.165, 1.54) is 10.9 Å². The van der Waals surface area contributed by atoms with Crippen LogP contribution in [0.15, 0.2) is 83.9 Å². The third-order valence-electron chi connectivity index (χ3n) is 5.71. The number of H-pyrrole nitrogens is 1. The first-order chi connectivity index (χ1) is 17.4. The summed E-state index contributed by atoms with van der Waals surface area (Å²) in [4.78, 5) is 42.7. The fourth-order valence-electron chi connectivity index (χ4n) is 4.04. The first-order valence-electron chi connectivity index (χ1n) is 10.8. The minimum absolute atomic E-state index is 0.0483. The van der Waals surface area contributed by atoms with Crippen molar-refractivity contribution in [2.24, 2.45) is 0 Å². The summed E-state index contributed by atoms with van der Waals surface area (Å²) in [7, 11) is 0. The molecule has 5 rings (SSSR count). The maximum Gasteiger partial charge on any atom is 0.353 e. The predicted molar refractivity (Wildman–Crippen MR) is 135 cm³/mol. The number of nitrogens with zero attached hydrogens (tertiary/aromatic N) is 3. The zero-order valence-electron chi connectivity index (χ0n) is 18.6. The second kappa shape index (κ2) is 9.47. The van der Waals surface area contributed by atoms with Gasteiger partial charge in [0.25, 0.3) is 5.91 Å². The van der Waals surface area contributed by atoms with Crippen LogP contribution in [-0.2, 0) is 6.54 Å². The quantitative estimate of drug-likeness (QED) is 0.323. The topological polar surface area (TPSA) is 130 Å². The number of carboxylic acids is 1. The third-order valence-corrected chi connectivity index (χ3v) is 5.94. The second-order valence-corrected chi connectivity index (χ2v) is 8.32. The van der Waals surface area contributed by atoms with Gasteiger partial charge in [0.15, 0.2) is 11.3 Å². The molecule has 0 radical (unpaired) electrons. The molecule has 0 saturated heterocycles. The number of hydrogen-bond donors (Lipinski definition) is 3. The van der Waals surface area contributed by atoms with Crippen LogP contribution in [0.3, 0.4) is 0 Å². The normalized spacial score (nSPS) is 10.9. The Hall–Kier alpha value is -4.76. The molecule has 2 heterocycles. The third kappa shape index (κ3) is 4.23. The van der Waals surface area contributed by atoms with Crippen molar-refractivity contribution in [1.29, 1.82) is 0 Å². The molecule has 0 saturated carbocycles. The summed E-state index contributed by atoms with van der Waals surface area (Å²) in [5.74, 6) is -1.21. The molecule has 5 aromatic rings. The highest BCUT2D eigenvalue weighted by Gasteiger charge is 2.24. The van der Waals surface area contributed by atoms with Gasteiger partial charge in [-0.15, -0.1) is 0 Å². The van der Waals surface area contributed by atoms with E-state index >= 15 is 0 Å². The molecule has 0 spiro atoms. The number of halogens is 1. The average Bonchev–Trinajstić information content (AvgIpc) is 3.43. The lowest BCUT2D eigenvalue weighted by Crippen LogP contribution is -2.30. The molecule has 0 fully saturated rings. The Morgan fingerprint density at radius 1 is 1.03 bits per heavy atom. The van der Waals surface area contributed by atoms with Crippen molar-refractivity contribution in [3.63, 3.8) is 0 Å². The Morgan fingerprint density at radius 2 is 1.78 bits per heavy atom. The molecule has 0 unspecified atom stereocenters. The van der Waals surface area contributed by atoms with E-state index in [1.807, 2.05) is 0 Å². The van der Waals surface area contributed by atoms with Crippen molar-refractivity contribution < 1.29 is 14.7 Å². The molecule has 0 aliphatic carbocycles. The van der Waals surface area contributed by atoms with E-state index in [-0.39, 0.29) is 23.2 Å². The van der Waals surface area contributed by atoms with Gasteiger partial charge in [-0.2, -0.15) is 5.10 Å². The van der Waals surface area contributed by atoms with E-state index in [0.29, 0.717) is 27.6 Å². The number of aromatic nitrogens is 4. The van der Waals surface area contributed by atoms with Gasteiger partial charge in [0.2, 0.25) is 0 Å². The van der Waals surface area contributed by atoms with Crippen LogP contribution in [0, 0.1) is 0 Å². The van der Waals surface area contributed by atoms with Gasteiger partial charge in [0.05, 0.1) is 11.1 Å². The summed E-state index contributed by atoms with van der Waals surface area (Å²) in [6, 6.07) is 20.1. The van der Waals surface area contributed by atoms with Crippen molar-refractivity contribution in [3.05, 3.63) is 111 Å². The predicted octanol–water partition coefficient (Wildman–Crippen LogP) is 4.06. The van der Waals surface area contributed by atoms with Crippen LogP contribution in [0.4, 0.5) is 0 Å². The number of fused-ring (bicyclic) bond motifs is 1. The Labute approximate surface area is 209 Å². The number of rotatable bonds is 6. The van der Waals surface area contributed by atoms with Crippen LogP contribution < -0.4 is 10.7 Å². The van der Waals surface area contributed by atoms with Crippen molar-refractivity contribution in [2.45, 2.75) is 6.54 Å². The number of carbonyl (C=O) groups is 2. The molecule has 3 N–H and O–H groups in total. The van der Waals surface area contributed by atoms with Crippen LogP contribution in [-0.4, -0.2) is 36.7 Å². The standard InChI is InChI=1S/C26H18ClN5O4/c27-17-10-11-19-21(12-17)32(18-4-2-1-3-5-18)22(26(35)36)20(23(19)33)13-28-25(34)16-8-6-15(7-9-16)24-29-14-30-31-24/h1-12,14H,13H2,(H,28,34)(H,35,36)(H,29,30,31). The molecular weight excluding hydrogens is 482 g/mol. The number of aromatic amines is 1. The molecule has 0 bridgehead atoms. The van der Waals surface area contributed by atoms with Gasteiger partial charge in [0, 0.05) is 33.8 Å². The van der Waals surface area contributed by atoms with Crippen molar-refractivity contribution >= 4 is 34.4 Å². The van der Waals surface area contributed by atoms with Crippen LogP contribution in [0.5, 0.6) is 0 Å². The number of aromatic carboxylic acids is 1. The number of para-hydroxylation sites is 1. The maximum atomic E-state index is 13.4. The monoisotopic (exact) mass is 499 g/mol. The van der Waals surface area contributed by atoms with Gasteiger partial charge in [-0.1, -0.05) is 41.9 Å². The lowest BCUT2D eigenvalue weighted by atomic mass is 10.1. The van der Waals surface area contributed by atoms with E-state index in [4.69, 9.17) is 11.6 Å². The van der Waals surface area contributed by atoms with Crippen molar-refractivity contribution in [2.75, 3.05) is 0 Å². The molecule has 0 aliphatic heterocycles. The zero-order valence-corrected chi connectivity index (χ0v) is 19.4. The Balaban J connectivity index is 1.55. The highest BCUT2D eigenvalue weighted by atomic mass is 35.5. The van der Waals surface area contributed by atoms with Gasteiger partial charge in [-0.3, -0.25) is 14.7 Å². The van der Waals surface area contributed by atoms with Gasteiger partial charge in [-0.05, 0) is 42.5 Å². The summed E-state index contributed by atoms with van der Waals surface area (Å²) in [6.45, 7) is -0.283. The Morgan fingerprint density at radius 3 is 2.44 bits per heavy atom. The second-order valence-electron chi connectivity index (χ2n) is 7.89. The van der Waals surface area contributed by atoms with Crippen LogP contribution in [0.25, 0.3) is 28.0 Å². The van der Waals surface area contributed by atoms with E-state index in [1.54, 1.807) is 72.8 Å². The van der Waals surface area contributed by atoms with Crippen molar-refractivity contribution in [1.82, 2.24) is 25.1 Å². The number of hydrogen-bond acceptors (Lipinski definition) is 5. The largest absolute Gasteiger partial charge is 0.477 e. The summed E-state index contributed by atoms with van der Waals surface area (Å²) in [6.07, 6.45) is 1.38. The first-order valence-corrected chi connectivity index (χ1v) is 11.2. The molecule has 1 amide bonds. The number of nitrogens with one attached hydrogen (secondary N) is 2. The van der Waals surface area contributed by atoms with E-state index in [0.717, 1.165) is 5.56 Å². The van der Waals surface area contributed by atoms with Crippen molar-refractivity contribution in [3.8, 4) is 17.1 Å². The summed E-state index contributed by atoms with van der Waals surface area (Å²) >= 11 is 6.19. The molecule has 0 atom stereocenters. The first kappa shape index (κ1) is 23.0. The van der Waals surface area contributed by atoms with Crippen LogP contribution >= 0.6 is 11.6 Å². The number of amides is 1. The number of carboxylic acid groups (broad SMARTS) is 1. The smallest absolute Gasteiger partial charge is 0.353 e. The molecule has 36 heavy (non-hydrogen) atoms. The summed E-state index contributed by atoms with van der Waals surface area (Å²) < 4.78 is 1.47. The van der Waals surface area contributed by atoms with Gasteiger partial charge in [0.1, 0.15) is 12.0 Å². The fraction of sp³-hybridized carbons (Fsp3) is 0.0385. The lowest BCUT2D eigenvalue weighted by Gasteiger charge is -2.19. The highest BCUT2D eigenvalue weighted by Crippen LogP contribution is 2.25. The average molecular weight is 500 g/mol. The Kier molecular flexibility index (Phi) is 6.05. The van der Waals surface area contributed by atoms with Gasteiger partial charge < -0.3 is 15.0 Å². The molecule has 9 nitrogen and oxygen atoms in total. The molecule has 10 heteroatoms. The fourth-order valence-corrected chi connectivity index (χ4v) is 4.20. The SMILES string of the molecule is O=C(NCc1c(C(=O)O)n(-c2ccccc2)c2cc(Cl)ccc2c1=O)c1ccc(-c2ncn[nH]2)cc1. The maximum absolute atomic E-state index is 13.4. The van der Waals surface area contributed by atoms with E-state index in [9.17, 15) is 19.5 Å². The molecule has 178 valence electrons. The molecule has 3 aromatic carbocycles. The minimum atomic E-state index is -1.31.